The average Bonchev–Trinajstić information content (AvgIpc) is 3.41. The number of aromatic nitrogens is 1. The van der Waals surface area contributed by atoms with Crippen molar-refractivity contribution in [1.82, 2.24) is 14.8 Å². The van der Waals surface area contributed by atoms with E-state index >= 15 is 0 Å². The molecule has 0 radical (unpaired) electrons. The average molecular weight is 407 g/mol. The number of nitrogens with zero attached hydrogens (tertiary/aromatic N) is 2. The second-order valence-electron chi connectivity index (χ2n) is 7.92. The number of benzene rings is 2. The maximum absolute atomic E-state index is 12.8. The number of aromatic amines is 1. The van der Waals surface area contributed by atoms with Gasteiger partial charge in [-0.2, -0.15) is 0 Å². The Kier molecular flexibility index (Phi) is 4.25. The van der Waals surface area contributed by atoms with Gasteiger partial charge in [0.1, 0.15) is 5.60 Å². The molecule has 3 aromatic rings. The quantitative estimate of drug-likeness (QED) is 0.686. The van der Waals surface area contributed by atoms with E-state index in [1.165, 1.54) is 0 Å². The van der Waals surface area contributed by atoms with Crippen LogP contribution in [0.5, 0.6) is 0 Å². The van der Waals surface area contributed by atoms with Crippen LogP contribution in [0, 0.1) is 0 Å². The molecule has 0 bridgehead atoms. The molecule has 2 fully saturated rings. The standard InChI is InChI=1S/C22H21N3O5/c26-19(24-9-11-25(12-10-24)20(27)22(29)7-8-22)15-3-1-14(2-4-15)16-5-6-17-18(13-16)30-21(28)23-17/h1-6,13,29H,7-12H2,(H,23,28). The third-order valence-electron chi connectivity index (χ3n) is 5.86. The van der Waals surface area contributed by atoms with E-state index in [2.05, 4.69) is 4.98 Å². The van der Waals surface area contributed by atoms with Crippen LogP contribution >= 0.6 is 0 Å². The zero-order valence-corrected chi connectivity index (χ0v) is 16.3. The summed E-state index contributed by atoms with van der Waals surface area (Å²) in [6.07, 6.45) is 1.06. The van der Waals surface area contributed by atoms with Crippen LogP contribution < -0.4 is 5.76 Å². The highest BCUT2D eigenvalue weighted by Crippen LogP contribution is 2.37. The molecular weight excluding hydrogens is 386 g/mol. The highest BCUT2D eigenvalue weighted by atomic mass is 16.4. The number of hydrogen-bond acceptors (Lipinski definition) is 5. The number of amides is 2. The molecule has 1 saturated carbocycles. The van der Waals surface area contributed by atoms with Gasteiger partial charge in [0.15, 0.2) is 5.58 Å². The number of aliphatic hydroxyl groups is 1. The Balaban J connectivity index is 1.26. The normalized spacial score (nSPS) is 17.9. The van der Waals surface area contributed by atoms with Gasteiger partial charge in [0, 0.05) is 31.7 Å². The first-order valence-corrected chi connectivity index (χ1v) is 9.97. The molecule has 1 aliphatic carbocycles. The summed E-state index contributed by atoms with van der Waals surface area (Å²) in [6, 6.07) is 12.7. The van der Waals surface area contributed by atoms with Gasteiger partial charge in [-0.3, -0.25) is 14.6 Å². The molecule has 0 spiro atoms. The van der Waals surface area contributed by atoms with Crippen molar-refractivity contribution in [3.05, 3.63) is 58.6 Å². The van der Waals surface area contributed by atoms with Crippen LogP contribution in [-0.2, 0) is 4.79 Å². The summed E-state index contributed by atoms with van der Waals surface area (Å²) in [6.45, 7) is 1.77. The van der Waals surface area contributed by atoms with Crippen molar-refractivity contribution in [3.63, 3.8) is 0 Å². The summed E-state index contributed by atoms with van der Waals surface area (Å²) in [7, 11) is 0. The second-order valence-corrected chi connectivity index (χ2v) is 7.92. The van der Waals surface area contributed by atoms with Crippen LogP contribution in [0.1, 0.15) is 23.2 Å². The van der Waals surface area contributed by atoms with E-state index in [1.807, 2.05) is 18.2 Å². The van der Waals surface area contributed by atoms with E-state index < -0.39 is 11.4 Å². The summed E-state index contributed by atoms with van der Waals surface area (Å²) >= 11 is 0. The molecule has 1 aromatic heterocycles. The predicted molar refractivity (Wildman–Crippen MR) is 109 cm³/mol. The molecule has 0 atom stereocenters. The third kappa shape index (κ3) is 3.29. The molecule has 2 aliphatic rings. The molecule has 0 unspecified atom stereocenters. The summed E-state index contributed by atoms with van der Waals surface area (Å²) in [4.78, 5) is 42.4. The van der Waals surface area contributed by atoms with E-state index in [1.54, 1.807) is 34.1 Å². The van der Waals surface area contributed by atoms with Crippen molar-refractivity contribution < 1.29 is 19.1 Å². The molecule has 8 heteroatoms. The zero-order valence-electron chi connectivity index (χ0n) is 16.3. The molecule has 8 nitrogen and oxygen atoms in total. The third-order valence-corrected chi connectivity index (χ3v) is 5.86. The molecule has 2 heterocycles. The van der Waals surface area contributed by atoms with Gasteiger partial charge < -0.3 is 19.3 Å². The first kappa shape index (κ1) is 18.6. The Morgan fingerprint density at radius 2 is 1.57 bits per heavy atom. The summed E-state index contributed by atoms with van der Waals surface area (Å²) < 4.78 is 5.11. The summed E-state index contributed by atoms with van der Waals surface area (Å²) in [5.74, 6) is -0.781. The smallest absolute Gasteiger partial charge is 0.408 e. The molecule has 5 rings (SSSR count). The lowest BCUT2D eigenvalue weighted by Gasteiger charge is -2.35. The lowest BCUT2D eigenvalue weighted by molar-refractivity contribution is -0.143. The van der Waals surface area contributed by atoms with Crippen molar-refractivity contribution in [2.75, 3.05) is 26.2 Å². The maximum Gasteiger partial charge on any atom is 0.417 e. The minimum Gasteiger partial charge on any atom is -0.408 e. The Labute approximate surface area is 171 Å². The topological polar surface area (TPSA) is 107 Å². The first-order chi connectivity index (χ1) is 14.4. The predicted octanol–water partition coefficient (Wildman–Crippen LogP) is 1.60. The summed E-state index contributed by atoms with van der Waals surface area (Å²) in [5, 5.41) is 9.99. The minimum atomic E-state index is -1.16. The van der Waals surface area contributed by atoms with Crippen molar-refractivity contribution in [1.29, 1.82) is 0 Å². The fourth-order valence-electron chi connectivity index (χ4n) is 3.85. The van der Waals surface area contributed by atoms with E-state index in [-0.39, 0.29) is 11.8 Å². The Hall–Kier alpha value is -3.39. The number of rotatable bonds is 3. The largest absolute Gasteiger partial charge is 0.417 e. The van der Waals surface area contributed by atoms with Crippen LogP contribution in [-0.4, -0.2) is 63.5 Å². The van der Waals surface area contributed by atoms with Crippen LogP contribution in [0.15, 0.2) is 51.7 Å². The Bertz CT molecular complexity index is 1180. The maximum atomic E-state index is 12.8. The molecule has 1 saturated heterocycles. The number of piperazine rings is 1. The molecule has 154 valence electrons. The molecule has 1 aliphatic heterocycles. The van der Waals surface area contributed by atoms with Gasteiger partial charge in [0.25, 0.3) is 11.8 Å². The zero-order chi connectivity index (χ0) is 20.9. The van der Waals surface area contributed by atoms with Gasteiger partial charge in [0.05, 0.1) is 5.52 Å². The van der Waals surface area contributed by atoms with Gasteiger partial charge in [-0.05, 0) is 48.2 Å². The van der Waals surface area contributed by atoms with Crippen molar-refractivity contribution >= 4 is 22.9 Å². The van der Waals surface area contributed by atoms with Gasteiger partial charge in [-0.15, -0.1) is 0 Å². The van der Waals surface area contributed by atoms with E-state index in [4.69, 9.17) is 4.42 Å². The number of nitrogens with one attached hydrogen (secondary N) is 1. The van der Waals surface area contributed by atoms with Crippen molar-refractivity contribution in [2.24, 2.45) is 0 Å². The lowest BCUT2D eigenvalue weighted by atomic mass is 10.0. The van der Waals surface area contributed by atoms with Crippen molar-refractivity contribution in [3.8, 4) is 11.1 Å². The highest BCUT2D eigenvalue weighted by molar-refractivity contribution is 5.95. The molecule has 2 aromatic carbocycles. The second kappa shape index (κ2) is 6.84. The SMILES string of the molecule is O=C(c1ccc(-c2ccc3[nH]c(=O)oc3c2)cc1)N1CCN(C(=O)C2(O)CC2)CC1. The molecule has 2 amide bonds. The Morgan fingerprint density at radius 1 is 0.933 bits per heavy atom. The summed E-state index contributed by atoms with van der Waals surface area (Å²) in [5.41, 5.74) is 2.34. The fraction of sp³-hybridized carbons (Fsp3) is 0.318. The van der Waals surface area contributed by atoms with Crippen LogP contribution in [0.25, 0.3) is 22.2 Å². The van der Waals surface area contributed by atoms with Crippen LogP contribution in [0.4, 0.5) is 0 Å². The van der Waals surface area contributed by atoms with E-state index in [0.717, 1.165) is 11.1 Å². The van der Waals surface area contributed by atoms with Gasteiger partial charge >= 0.3 is 5.76 Å². The number of carbonyl (C=O) groups excluding carboxylic acids is 2. The molecule has 2 N–H and O–H groups in total. The molecular formula is C22H21N3O5. The fourth-order valence-corrected chi connectivity index (χ4v) is 3.85. The molecule has 30 heavy (non-hydrogen) atoms. The van der Waals surface area contributed by atoms with Gasteiger partial charge in [0.2, 0.25) is 0 Å². The lowest BCUT2D eigenvalue weighted by Crippen LogP contribution is -2.53. The number of oxazole rings is 1. The van der Waals surface area contributed by atoms with Gasteiger partial charge in [-0.1, -0.05) is 18.2 Å². The van der Waals surface area contributed by atoms with Crippen molar-refractivity contribution in [2.45, 2.75) is 18.4 Å². The number of H-pyrrole nitrogens is 1. The minimum absolute atomic E-state index is 0.0779. The highest BCUT2D eigenvalue weighted by Gasteiger charge is 2.50. The first-order valence-electron chi connectivity index (χ1n) is 9.97. The number of carbonyl (C=O) groups is 2. The monoisotopic (exact) mass is 407 g/mol. The van der Waals surface area contributed by atoms with Crippen LogP contribution in [0.3, 0.4) is 0 Å². The number of hydrogen-bond donors (Lipinski definition) is 2. The Morgan fingerprint density at radius 3 is 2.23 bits per heavy atom. The van der Waals surface area contributed by atoms with Gasteiger partial charge in [-0.25, -0.2) is 4.79 Å². The number of fused-ring (bicyclic) bond motifs is 1. The van der Waals surface area contributed by atoms with E-state index in [9.17, 15) is 19.5 Å². The van der Waals surface area contributed by atoms with E-state index in [0.29, 0.717) is 55.7 Å². The van der Waals surface area contributed by atoms with Crippen LogP contribution in [0.2, 0.25) is 0 Å².